The van der Waals surface area contributed by atoms with E-state index < -0.39 is 11.9 Å². The molecule has 96 valence electrons. The molecule has 3 N–H and O–H groups in total. The molecule has 17 heavy (non-hydrogen) atoms. The zero-order valence-corrected chi connectivity index (χ0v) is 10.0. The molecule has 1 saturated heterocycles. The van der Waals surface area contributed by atoms with E-state index in [1.807, 2.05) is 13.8 Å². The van der Waals surface area contributed by atoms with Crippen LogP contribution in [-0.2, 0) is 4.74 Å². The molecule has 7 nitrogen and oxygen atoms in total. The van der Waals surface area contributed by atoms with Gasteiger partial charge in [-0.2, -0.15) is 14.8 Å². The molecule has 1 aromatic heterocycles. The van der Waals surface area contributed by atoms with Crippen LogP contribution in [0.25, 0.3) is 0 Å². The number of ether oxygens (including phenoxy) is 1. The minimum atomic E-state index is -0.529. The SMILES string of the molecule is CC.Nc1cnn(C2CCC(CO)O2)c(=O)n1. The largest absolute Gasteiger partial charge is 0.394 e. The maximum atomic E-state index is 11.4. The zero-order valence-electron chi connectivity index (χ0n) is 10.0. The molecule has 2 heterocycles. The van der Waals surface area contributed by atoms with Crippen LogP contribution in [0.4, 0.5) is 5.82 Å². The molecule has 1 aromatic rings. The van der Waals surface area contributed by atoms with Gasteiger partial charge >= 0.3 is 5.69 Å². The van der Waals surface area contributed by atoms with Gasteiger partial charge in [0.2, 0.25) is 0 Å². The van der Waals surface area contributed by atoms with Crippen molar-refractivity contribution in [3.05, 3.63) is 16.7 Å². The Hall–Kier alpha value is -1.47. The number of nitrogens with zero attached hydrogens (tertiary/aromatic N) is 3. The van der Waals surface area contributed by atoms with E-state index in [0.717, 1.165) is 4.68 Å². The first kappa shape index (κ1) is 13.6. The lowest BCUT2D eigenvalue weighted by atomic mass is 10.2. The van der Waals surface area contributed by atoms with Crippen molar-refractivity contribution in [3.8, 4) is 0 Å². The molecule has 0 amide bonds. The summed E-state index contributed by atoms with van der Waals surface area (Å²) in [4.78, 5) is 14.9. The van der Waals surface area contributed by atoms with Crippen molar-refractivity contribution in [1.29, 1.82) is 0 Å². The summed E-state index contributed by atoms with van der Waals surface area (Å²) in [5, 5.41) is 12.7. The molecule has 2 rings (SSSR count). The van der Waals surface area contributed by atoms with Crippen LogP contribution in [0.3, 0.4) is 0 Å². The van der Waals surface area contributed by atoms with E-state index in [1.54, 1.807) is 0 Å². The van der Waals surface area contributed by atoms with Crippen molar-refractivity contribution >= 4 is 5.82 Å². The highest BCUT2D eigenvalue weighted by Gasteiger charge is 2.27. The van der Waals surface area contributed by atoms with Crippen molar-refractivity contribution in [1.82, 2.24) is 14.8 Å². The third-order valence-electron chi connectivity index (χ3n) is 2.30. The number of nitrogen functional groups attached to an aromatic ring is 1. The summed E-state index contributed by atoms with van der Waals surface area (Å²) in [5.41, 5.74) is 4.78. The van der Waals surface area contributed by atoms with Crippen LogP contribution in [0.1, 0.15) is 32.9 Å². The Morgan fingerprint density at radius 2 is 2.29 bits per heavy atom. The average molecular weight is 242 g/mol. The maximum Gasteiger partial charge on any atom is 0.368 e. The van der Waals surface area contributed by atoms with Crippen molar-refractivity contribution < 1.29 is 9.84 Å². The van der Waals surface area contributed by atoms with Crippen molar-refractivity contribution in [2.24, 2.45) is 0 Å². The molecule has 2 atom stereocenters. The number of aliphatic hydroxyl groups excluding tert-OH is 1. The van der Waals surface area contributed by atoms with Gasteiger partial charge in [0, 0.05) is 0 Å². The van der Waals surface area contributed by atoms with Crippen LogP contribution < -0.4 is 11.4 Å². The number of hydrogen-bond acceptors (Lipinski definition) is 6. The van der Waals surface area contributed by atoms with Crippen LogP contribution in [0.15, 0.2) is 11.0 Å². The minimum Gasteiger partial charge on any atom is -0.394 e. The Labute approximate surface area is 99.2 Å². The molecule has 0 aromatic carbocycles. The summed E-state index contributed by atoms with van der Waals surface area (Å²) in [5.74, 6) is 0.0907. The quantitative estimate of drug-likeness (QED) is 0.751. The number of nitrogens with two attached hydrogens (primary N) is 1. The van der Waals surface area contributed by atoms with Crippen LogP contribution >= 0.6 is 0 Å². The standard InChI is InChI=1S/C8H12N4O3.C2H6/c9-6-3-10-12(8(14)11-6)7-2-1-5(4-13)15-7;1-2/h3,5,7,13H,1-2,4H2,(H2,9,11,14);1-2H3. The van der Waals surface area contributed by atoms with E-state index in [-0.39, 0.29) is 18.5 Å². The van der Waals surface area contributed by atoms with Crippen molar-refractivity contribution in [3.63, 3.8) is 0 Å². The number of aliphatic hydroxyl groups is 1. The predicted molar refractivity (Wildman–Crippen MR) is 62.3 cm³/mol. The Bertz CT molecular complexity index is 407. The summed E-state index contributed by atoms with van der Waals surface area (Å²) in [6.45, 7) is 3.95. The fraction of sp³-hybridized carbons (Fsp3) is 0.700. The van der Waals surface area contributed by atoms with Crippen LogP contribution in [0.2, 0.25) is 0 Å². The average Bonchev–Trinajstić information content (AvgIpc) is 2.80. The molecule has 2 unspecified atom stereocenters. The van der Waals surface area contributed by atoms with Gasteiger partial charge in [0.25, 0.3) is 0 Å². The lowest BCUT2D eigenvalue weighted by Gasteiger charge is -2.12. The minimum absolute atomic E-state index is 0.0480. The van der Waals surface area contributed by atoms with Gasteiger partial charge in [-0.1, -0.05) is 13.8 Å². The third-order valence-corrected chi connectivity index (χ3v) is 2.30. The Kier molecular flexibility index (Phi) is 5.05. The van der Waals surface area contributed by atoms with Crippen molar-refractivity contribution in [2.75, 3.05) is 12.3 Å². The molecule has 1 fully saturated rings. The van der Waals surface area contributed by atoms with Gasteiger partial charge in [0.1, 0.15) is 5.82 Å². The number of aromatic nitrogens is 3. The van der Waals surface area contributed by atoms with E-state index in [4.69, 9.17) is 15.6 Å². The first-order chi connectivity index (χ1) is 8.20. The first-order valence-electron chi connectivity index (χ1n) is 5.68. The van der Waals surface area contributed by atoms with E-state index in [9.17, 15) is 4.79 Å². The van der Waals surface area contributed by atoms with Gasteiger partial charge in [-0.05, 0) is 12.8 Å². The van der Waals surface area contributed by atoms with Crippen LogP contribution in [0, 0.1) is 0 Å². The van der Waals surface area contributed by atoms with E-state index in [1.165, 1.54) is 6.20 Å². The summed E-state index contributed by atoms with van der Waals surface area (Å²) in [6, 6.07) is 0. The summed E-state index contributed by atoms with van der Waals surface area (Å²) in [7, 11) is 0. The van der Waals surface area contributed by atoms with E-state index >= 15 is 0 Å². The first-order valence-corrected chi connectivity index (χ1v) is 5.68. The molecule has 1 aliphatic heterocycles. The van der Waals surface area contributed by atoms with E-state index in [0.29, 0.717) is 12.8 Å². The van der Waals surface area contributed by atoms with Gasteiger partial charge in [0.05, 0.1) is 18.9 Å². The second-order valence-corrected chi connectivity index (χ2v) is 3.38. The number of rotatable bonds is 2. The zero-order chi connectivity index (χ0) is 12.8. The highest BCUT2D eigenvalue weighted by atomic mass is 16.5. The lowest BCUT2D eigenvalue weighted by Crippen LogP contribution is -2.30. The molecular formula is C10H18N4O3. The summed E-state index contributed by atoms with van der Waals surface area (Å²) < 4.78 is 6.53. The summed E-state index contributed by atoms with van der Waals surface area (Å²) >= 11 is 0. The number of hydrogen-bond donors (Lipinski definition) is 2. The summed E-state index contributed by atoms with van der Waals surface area (Å²) in [6.07, 6.45) is 1.99. The Morgan fingerprint density at radius 3 is 2.82 bits per heavy atom. The van der Waals surface area contributed by atoms with Gasteiger partial charge in [-0.25, -0.2) is 4.79 Å². The van der Waals surface area contributed by atoms with Gasteiger partial charge < -0.3 is 15.6 Å². The Balaban J connectivity index is 0.000000686. The fourth-order valence-corrected chi connectivity index (χ4v) is 1.56. The smallest absolute Gasteiger partial charge is 0.368 e. The highest BCUT2D eigenvalue weighted by molar-refractivity contribution is 5.19. The van der Waals surface area contributed by atoms with Crippen LogP contribution in [-0.4, -0.2) is 32.6 Å². The van der Waals surface area contributed by atoms with Gasteiger partial charge in [0.15, 0.2) is 6.23 Å². The molecule has 0 aliphatic carbocycles. The van der Waals surface area contributed by atoms with Gasteiger partial charge in [-0.15, -0.1) is 0 Å². The van der Waals surface area contributed by atoms with E-state index in [2.05, 4.69) is 10.1 Å². The monoisotopic (exact) mass is 242 g/mol. The third kappa shape index (κ3) is 3.24. The van der Waals surface area contributed by atoms with Gasteiger partial charge in [-0.3, -0.25) is 0 Å². The molecule has 0 saturated carbocycles. The topological polar surface area (TPSA) is 103 Å². The second-order valence-electron chi connectivity index (χ2n) is 3.38. The molecule has 1 aliphatic rings. The second kappa shape index (κ2) is 6.31. The highest BCUT2D eigenvalue weighted by Crippen LogP contribution is 2.25. The van der Waals surface area contributed by atoms with Crippen LogP contribution in [0.5, 0.6) is 0 Å². The molecule has 0 radical (unpaired) electrons. The molecule has 0 spiro atoms. The predicted octanol–water partition coefficient (Wildman–Crippen LogP) is -0.0834. The molecular weight excluding hydrogens is 224 g/mol. The lowest BCUT2D eigenvalue weighted by molar-refractivity contribution is -0.0312. The normalized spacial score (nSPS) is 23.0. The Morgan fingerprint density at radius 1 is 1.59 bits per heavy atom. The fourth-order valence-electron chi connectivity index (χ4n) is 1.56. The number of anilines is 1. The van der Waals surface area contributed by atoms with Crippen molar-refractivity contribution in [2.45, 2.75) is 39.0 Å². The molecule has 7 heteroatoms. The maximum absolute atomic E-state index is 11.4. The molecule has 0 bridgehead atoms.